The third-order valence-electron chi connectivity index (χ3n) is 5.14. The topological polar surface area (TPSA) is 103 Å². The highest BCUT2D eigenvalue weighted by atomic mass is 35.5. The average molecular weight is 502 g/mol. The van der Waals surface area contributed by atoms with Gasteiger partial charge in [0.1, 0.15) is 5.75 Å². The predicted octanol–water partition coefficient (Wildman–Crippen LogP) is 4.58. The van der Waals surface area contributed by atoms with Crippen molar-refractivity contribution in [2.75, 3.05) is 18.1 Å². The molecular weight excluding hydrogens is 485 g/mol. The first-order chi connectivity index (χ1) is 16.3. The summed E-state index contributed by atoms with van der Waals surface area (Å²) >= 11 is 12.2. The molecule has 1 aliphatic heterocycles. The van der Waals surface area contributed by atoms with E-state index in [0.29, 0.717) is 10.7 Å². The molecule has 34 heavy (non-hydrogen) atoms. The Kier molecular flexibility index (Phi) is 7.00. The van der Waals surface area contributed by atoms with Gasteiger partial charge in [0, 0.05) is 18.5 Å². The van der Waals surface area contributed by atoms with E-state index in [9.17, 15) is 19.2 Å². The van der Waals surface area contributed by atoms with E-state index in [2.05, 4.69) is 0 Å². The average Bonchev–Trinajstić information content (AvgIpc) is 3.50. The van der Waals surface area contributed by atoms with Crippen LogP contribution < -0.4 is 9.64 Å². The maximum absolute atomic E-state index is 12.5. The van der Waals surface area contributed by atoms with Crippen LogP contribution in [0.3, 0.4) is 0 Å². The molecule has 1 saturated heterocycles. The number of halogens is 2. The molecule has 0 aliphatic carbocycles. The number of furan rings is 1. The Balaban J connectivity index is 1.30. The van der Waals surface area contributed by atoms with Crippen molar-refractivity contribution in [1.29, 1.82) is 0 Å². The number of Topliss-reactive ketones (excluding diaryl/α,β-unsaturated/α-hetero) is 1. The second kappa shape index (κ2) is 10.1. The van der Waals surface area contributed by atoms with Crippen molar-refractivity contribution in [2.45, 2.75) is 6.42 Å². The Hall–Kier alpha value is -3.62. The van der Waals surface area contributed by atoms with Crippen LogP contribution in [-0.4, -0.2) is 36.8 Å². The van der Waals surface area contributed by atoms with Gasteiger partial charge >= 0.3 is 11.9 Å². The van der Waals surface area contributed by atoms with Gasteiger partial charge in [-0.25, -0.2) is 4.79 Å². The molecule has 174 valence electrons. The smallest absolute Gasteiger partial charge is 0.379 e. The fourth-order valence-corrected chi connectivity index (χ4v) is 3.80. The van der Waals surface area contributed by atoms with E-state index < -0.39 is 30.2 Å². The Morgan fingerprint density at radius 2 is 1.79 bits per heavy atom. The van der Waals surface area contributed by atoms with Gasteiger partial charge in [0.2, 0.25) is 11.7 Å². The second-order valence-corrected chi connectivity index (χ2v) is 8.19. The lowest BCUT2D eigenvalue weighted by Crippen LogP contribution is -2.27. The summed E-state index contributed by atoms with van der Waals surface area (Å²) in [6, 6.07) is 13.7. The van der Waals surface area contributed by atoms with E-state index in [1.165, 1.54) is 41.5 Å². The molecule has 2 heterocycles. The zero-order valence-corrected chi connectivity index (χ0v) is 19.0. The number of ether oxygens (including phenoxy) is 2. The molecule has 0 saturated carbocycles. The molecular formula is C24H17Cl2NO7. The molecule has 0 bridgehead atoms. The minimum Gasteiger partial charge on any atom is -0.457 e. The molecule has 0 radical (unpaired) electrons. The summed E-state index contributed by atoms with van der Waals surface area (Å²) in [7, 11) is 0. The van der Waals surface area contributed by atoms with Crippen LogP contribution in [0, 0.1) is 5.92 Å². The van der Waals surface area contributed by atoms with Gasteiger partial charge in [0.15, 0.2) is 12.4 Å². The third-order valence-corrected chi connectivity index (χ3v) is 5.94. The number of benzene rings is 2. The number of carbonyl (C=O) groups is 4. The van der Waals surface area contributed by atoms with Crippen molar-refractivity contribution >= 4 is 52.5 Å². The minimum atomic E-state index is -0.737. The zero-order valence-electron chi connectivity index (χ0n) is 17.5. The van der Waals surface area contributed by atoms with E-state index in [0.717, 1.165) is 0 Å². The van der Waals surface area contributed by atoms with Crippen LogP contribution in [0.1, 0.15) is 27.3 Å². The summed E-state index contributed by atoms with van der Waals surface area (Å²) in [5.41, 5.74) is 0.679. The number of hydrogen-bond acceptors (Lipinski definition) is 7. The predicted molar refractivity (Wildman–Crippen MR) is 122 cm³/mol. The molecule has 2 aromatic carbocycles. The van der Waals surface area contributed by atoms with Crippen molar-refractivity contribution in [3.8, 4) is 5.75 Å². The van der Waals surface area contributed by atoms with Crippen LogP contribution in [0.2, 0.25) is 10.0 Å². The van der Waals surface area contributed by atoms with Gasteiger partial charge < -0.3 is 18.8 Å². The molecule has 1 atom stereocenters. The number of nitrogens with zero attached hydrogens (tertiary/aromatic N) is 1. The van der Waals surface area contributed by atoms with Gasteiger partial charge in [-0.1, -0.05) is 29.3 Å². The number of carbonyl (C=O) groups excluding carboxylic acids is 4. The number of anilines is 1. The van der Waals surface area contributed by atoms with E-state index >= 15 is 0 Å². The van der Waals surface area contributed by atoms with Crippen molar-refractivity contribution < 1.29 is 33.1 Å². The fraction of sp³-hybridized carbons (Fsp3) is 0.167. The summed E-state index contributed by atoms with van der Waals surface area (Å²) < 4.78 is 15.3. The fourth-order valence-electron chi connectivity index (χ4n) is 3.40. The number of hydrogen-bond donors (Lipinski definition) is 0. The summed E-state index contributed by atoms with van der Waals surface area (Å²) in [5.74, 6) is -2.54. The molecule has 1 aliphatic rings. The molecule has 0 spiro atoms. The molecule has 1 aromatic heterocycles. The summed E-state index contributed by atoms with van der Waals surface area (Å²) in [4.78, 5) is 50.5. The van der Waals surface area contributed by atoms with E-state index in [4.69, 9.17) is 37.1 Å². The molecule has 4 rings (SSSR count). The molecule has 10 heteroatoms. The zero-order chi connectivity index (χ0) is 24.2. The van der Waals surface area contributed by atoms with Crippen molar-refractivity contribution in [1.82, 2.24) is 0 Å². The summed E-state index contributed by atoms with van der Waals surface area (Å²) in [5, 5.41) is 0.519. The minimum absolute atomic E-state index is 0.0497. The number of rotatable bonds is 7. The highest BCUT2D eigenvalue weighted by Crippen LogP contribution is 2.35. The normalized spacial score (nSPS) is 15.3. The van der Waals surface area contributed by atoms with Crippen molar-refractivity contribution in [3.05, 3.63) is 82.2 Å². The lowest BCUT2D eigenvalue weighted by Gasteiger charge is -2.18. The SMILES string of the molecule is O=C(COC(=O)[C@@H]1CC(=O)N(c2cccc(Cl)c2Cl)C1)c1ccc(OC(=O)c2ccco2)cc1. The maximum atomic E-state index is 12.5. The highest BCUT2D eigenvalue weighted by Gasteiger charge is 2.37. The van der Waals surface area contributed by atoms with Crippen LogP contribution in [0.4, 0.5) is 5.69 Å². The molecule has 3 aromatic rings. The van der Waals surface area contributed by atoms with Crippen LogP contribution in [0.25, 0.3) is 0 Å². The van der Waals surface area contributed by atoms with Gasteiger partial charge in [0.05, 0.1) is 27.9 Å². The lowest BCUT2D eigenvalue weighted by atomic mass is 10.1. The van der Waals surface area contributed by atoms with Gasteiger partial charge in [-0.2, -0.15) is 0 Å². The van der Waals surface area contributed by atoms with Gasteiger partial charge in [-0.15, -0.1) is 0 Å². The molecule has 0 N–H and O–H groups in total. The van der Waals surface area contributed by atoms with Gasteiger partial charge in [0.25, 0.3) is 0 Å². The monoisotopic (exact) mass is 501 g/mol. The molecule has 1 amide bonds. The van der Waals surface area contributed by atoms with Crippen LogP contribution >= 0.6 is 23.2 Å². The molecule has 1 fully saturated rings. The maximum Gasteiger partial charge on any atom is 0.379 e. The number of ketones is 1. The largest absolute Gasteiger partial charge is 0.457 e. The van der Waals surface area contributed by atoms with Crippen LogP contribution in [0.5, 0.6) is 5.75 Å². The Bertz CT molecular complexity index is 1240. The molecule has 0 unspecified atom stereocenters. The summed E-state index contributed by atoms with van der Waals surface area (Å²) in [6.07, 6.45) is 1.29. The quantitative estimate of drug-likeness (QED) is 0.265. The van der Waals surface area contributed by atoms with E-state index in [1.807, 2.05) is 0 Å². The first-order valence-corrected chi connectivity index (χ1v) is 10.9. The first-order valence-electron chi connectivity index (χ1n) is 10.1. The van der Waals surface area contributed by atoms with Crippen LogP contribution in [0.15, 0.2) is 65.3 Å². The summed E-state index contributed by atoms with van der Waals surface area (Å²) in [6.45, 7) is -0.422. The Morgan fingerprint density at radius 1 is 1.03 bits per heavy atom. The van der Waals surface area contributed by atoms with Gasteiger partial charge in [-0.05, 0) is 48.5 Å². The highest BCUT2D eigenvalue weighted by molar-refractivity contribution is 6.44. The first kappa shape index (κ1) is 23.5. The van der Waals surface area contributed by atoms with Crippen molar-refractivity contribution in [2.24, 2.45) is 5.92 Å². The number of amides is 1. The molecule has 8 nitrogen and oxygen atoms in total. The Labute approximate surface area is 203 Å². The third kappa shape index (κ3) is 5.13. The van der Waals surface area contributed by atoms with Gasteiger partial charge in [-0.3, -0.25) is 14.4 Å². The second-order valence-electron chi connectivity index (χ2n) is 7.40. The van der Waals surface area contributed by atoms with E-state index in [-0.39, 0.29) is 41.0 Å². The lowest BCUT2D eigenvalue weighted by molar-refractivity contribution is -0.147. The van der Waals surface area contributed by atoms with Crippen molar-refractivity contribution in [3.63, 3.8) is 0 Å². The number of esters is 2. The Morgan fingerprint density at radius 3 is 2.50 bits per heavy atom. The standard InChI is InChI=1S/C24H17Cl2NO7/c25-17-3-1-4-18(22(17)26)27-12-15(11-21(27)29)23(30)33-13-19(28)14-6-8-16(9-7-14)34-24(31)20-5-2-10-32-20/h1-10,15H,11-13H2/t15-/m1/s1. The van der Waals surface area contributed by atoms with E-state index in [1.54, 1.807) is 24.3 Å². The van der Waals surface area contributed by atoms with Crippen LogP contribution in [-0.2, 0) is 14.3 Å².